The number of non-ortho nitro benzene ring substituents is 1. The molecular weight excluding hydrogens is 230 g/mol. The van der Waals surface area contributed by atoms with Crippen LogP contribution in [0.3, 0.4) is 0 Å². The zero-order chi connectivity index (χ0) is 13.3. The van der Waals surface area contributed by atoms with Gasteiger partial charge < -0.3 is 9.84 Å². The first kappa shape index (κ1) is 14.6. The summed E-state index contributed by atoms with van der Waals surface area (Å²) in [6, 6.07) is 4.89. The second-order valence-electron chi connectivity index (χ2n) is 2.66. The minimum Gasteiger partial charge on any atom is -0.478 e. The fraction of sp³-hybridized carbons (Fsp3) is 0.200. The smallest absolute Gasteiger partial charge is 0.335 e. The Morgan fingerprint density at radius 1 is 1.59 bits per heavy atom. The third kappa shape index (κ3) is 5.88. The molecule has 0 aliphatic heterocycles. The number of rotatable bonds is 4. The molecule has 0 atom stereocenters. The fourth-order valence-electron chi connectivity index (χ4n) is 0.821. The van der Waals surface area contributed by atoms with Crippen LogP contribution in [0.5, 0.6) is 0 Å². The van der Waals surface area contributed by atoms with E-state index in [2.05, 4.69) is 4.74 Å². The Bertz CT molecular complexity index is 374. The first-order chi connectivity index (χ1) is 8.02. The third-order valence-electron chi connectivity index (χ3n) is 1.54. The number of carboxylic acids is 1. The normalized spacial score (nSPS) is 8.53. The Hall–Kier alpha value is -2.44. The molecular formula is C10H11NO6. The Kier molecular flexibility index (Phi) is 6.68. The van der Waals surface area contributed by atoms with E-state index in [1.807, 2.05) is 0 Å². The number of carboxylic acid groups (broad SMARTS) is 1. The van der Waals surface area contributed by atoms with Gasteiger partial charge in [-0.25, -0.2) is 4.79 Å². The molecule has 0 amide bonds. The summed E-state index contributed by atoms with van der Waals surface area (Å²) >= 11 is 0. The van der Waals surface area contributed by atoms with Crippen LogP contribution >= 0.6 is 0 Å². The number of nitrogens with zero attached hydrogens (tertiary/aromatic N) is 1. The summed E-state index contributed by atoms with van der Waals surface area (Å²) in [5.74, 6) is -1.17. The molecule has 1 rings (SSSR count). The monoisotopic (exact) mass is 241 g/mol. The summed E-state index contributed by atoms with van der Waals surface area (Å²) < 4.78 is 4.15. The third-order valence-corrected chi connectivity index (χ3v) is 1.54. The highest BCUT2D eigenvalue weighted by molar-refractivity contribution is 5.88. The van der Waals surface area contributed by atoms with E-state index in [9.17, 15) is 19.7 Å². The lowest BCUT2D eigenvalue weighted by atomic mass is 10.2. The van der Waals surface area contributed by atoms with Crippen LogP contribution in [-0.4, -0.2) is 29.1 Å². The number of benzene rings is 1. The van der Waals surface area contributed by atoms with Crippen molar-refractivity contribution in [2.45, 2.75) is 6.92 Å². The van der Waals surface area contributed by atoms with E-state index in [0.29, 0.717) is 13.1 Å². The molecule has 0 spiro atoms. The average molecular weight is 241 g/mol. The summed E-state index contributed by atoms with van der Waals surface area (Å²) in [4.78, 5) is 29.1. The molecule has 1 aromatic carbocycles. The summed E-state index contributed by atoms with van der Waals surface area (Å²) in [6.45, 7) is 2.66. The lowest BCUT2D eigenvalue weighted by molar-refractivity contribution is -0.384. The largest absolute Gasteiger partial charge is 0.478 e. The number of nitro benzene ring substituents is 1. The topological polar surface area (TPSA) is 107 Å². The zero-order valence-corrected chi connectivity index (χ0v) is 9.03. The minimum absolute atomic E-state index is 0.0794. The summed E-state index contributed by atoms with van der Waals surface area (Å²) in [5.41, 5.74) is -0.292. The van der Waals surface area contributed by atoms with Gasteiger partial charge in [-0.3, -0.25) is 14.9 Å². The molecule has 0 radical (unpaired) electrons. The van der Waals surface area contributed by atoms with Crippen LogP contribution in [-0.2, 0) is 9.53 Å². The molecule has 0 saturated carbocycles. The van der Waals surface area contributed by atoms with Gasteiger partial charge in [0, 0.05) is 12.1 Å². The number of hydrogen-bond acceptors (Lipinski definition) is 5. The van der Waals surface area contributed by atoms with Crippen molar-refractivity contribution in [2.75, 3.05) is 6.61 Å². The average Bonchev–Trinajstić information content (AvgIpc) is 2.31. The molecule has 0 saturated heterocycles. The predicted molar refractivity (Wildman–Crippen MR) is 57.7 cm³/mol. The Balaban J connectivity index is 0.000000437. The molecule has 0 unspecified atom stereocenters. The van der Waals surface area contributed by atoms with Gasteiger partial charge in [0.15, 0.2) is 0 Å². The highest BCUT2D eigenvalue weighted by Crippen LogP contribution is 2.12. The van der Waals surface area contributed by atoms with Crippen LogP contribution in [0.15, 0.2) is 24.3 Å². The molecule has 7 heteroatoms. The van der Waals surface area contributed by atoms with Crippen molar-refractivity contribution < 1.29 is 24.4 Å². The molecule has 17 heavy (non-hydrogen) atoms. The van der Waals surface area contributed by atoms with Gasteiger partial charge >= 0.3 is 5.97 Å². The molecule has 92 valence electrons. The van der Waals surface area contributed by atoms with Crippen LogP contribution in [0.25, 0.3) is 0 Å². The van der Waals surface area contributed by atoms with E-state index in [1.54, 1.807) is 6.92 Å². The molecule has 0 aromatic heterocycles. The quantitative estimate of drug-likeness (QED) is 0.486. The van der Waals surface area contributed by atoms with Gasteiger partial charge in [0.25, 0.3) is 12.2 Å². The number of hydrogen-bond donors (Lipinski definition) is 1. The van der Waals surface area contributed by atoms with Crippen LogP contribution in [0.4, 0.5) is 5.69 Å². The number of aromatic carboxylic acids is 1. The number of ether oxygens (including phenoxy) is 1. The van der Waals surface area contributed by atoms with Crippen LogP contribution in [0.1, 0.15) is 17.3 Å². The van der Waals surface area contributed by atoms with Gasteiger partial charge in [-0.05, 0) is 13.0 Å². The molecule has 0 aliphatic rings. The van der Waals surface area contributed by atoms with E-state index < -0.39 is 10.9 Å². The summed E-state index contributed by atoms with van der Waals surface area (Å²) in [5, 5.41) is 18.7. The number of nitro groups is 1. The highest BCUT2D eigenvalue weighted by atomic mass is 16.6. The van der Waals surface area contributed by atoms with Gasteiger partial charge in [0.05, 0.1) is 17.1 Å². The van der Waals surface area contributed by atoms with Crippen molar-refractivity contribution in [1.82, 2.24) is 0 Å². The van der Waals surface area contributed by atoms with E-state index in [4.69, 9.17) is 5.11 Å². The maximum Gasteiger partial charge on any atom is 0.335 e. The maximum absolute atomic E-state index is 10.4. The van der Waals surface area contributed by atoms with Gasteiger partial charge in [-0.15, -0.1) is 0 Å². The Morgan fingerprint density at radius 3 is 2.59 bits per heavy atom. The molecule has 0 aliphatic carbocycles. The molecule has 0 fully saturated rings. The second-order valence-corrected chi connectivity index (χ2v) is 2.66. The second kappa shape index (κ2) is 7.80. The van der Waals surface area contributed by atoms with Crippen molar-refractivity contribution in [1.29, 1.82) is 0 Å². The van der Waals surface area contributed by atoms with Gasteiger partial charge in [-0.2, -0.15) is 0 Å². The SMILES string of the molecule is CCOC=O.O=C(O)c1cccc([N+](=O)[O-])c1. The number of carbonyl (C=O) groups excluding carboxylic acids is 1. The van der Waals surface area contributed by atoms with Crippen LogP contribution in [0.2, 0.25) is 0 Å². The van der Waals surface area contributed by atoms with Crippen molar-refractivity contribution >= 4 is 18.1 Å². The van der Waals surface area contributed by atoms with Crippen molar-refractivity contribution in [2.24, 2.45) is 0 Å². The zero-order valence-electron chi connectivity index (χ0n) is 9.03. The Morgan fingerprint density at radius 2 is 2.24 bits per heavy atom. The standard InChI is InChI=1S/C7H5NO4.C3H6O2/c9-7(10)5-2-1-3-6(4-5)8(11)12;1-2-5-3-4/h1-4H,(H,9,10);3H,2H2,1H3. The van der Waals surface area contributed by atoms with E-state index in [1.165, 1.54) is 18.2 Å². The Labute approximate surface area is 96.8 Å². The lowest BCUT2D eigenvalue weighted by Crippen LogP contribution is -1.97. The fourth-order valence-corrected chi connectivity index (χ4v) is 0.821. The molecule has 0 bridgehead atoms. The molecule has 7 nitrogen and oxygen atoms in total. The van der Waals surface area contributed by atoms with Crippen molar-refractivity contribution in [3.05, 3.63) is 39.9 Å². The predicted octanol–water partition coefficient (Wildman–Crippen LogP) is 1.47. The van der Waals surface area contributed by atoms with Crippen molar-refractivity contribution in [3.8, 4) is 0 Å². The molecule has 1 N–H and O–H groups in total. The molecule has 0 heterocycles. The van der Waals surface area contributed by atoms with Crippen molar-refractivity contribution in [3.63, 3.8) is 0 Å². The van der Waals surface area contributed by atoms with E-state index in [-0.39, 0.29) is 11.3 Å². The summed E-state index contributed by atoms with van der Waals surface area (Å²) in [6.07, 6.45) is 0. The maximum atomic E-state index is 10.4. The van der Waals surface area contributed by atoms with Gasteiger partial charge in [-0.1, -0.05) is 6.07 Å². The van der Waals surface area contributed by atoms with E-state index >= 15 is 0 Å². The van der Waals surface area contributed by atoms with E-state index in [0.717, 1.165) is 6.07 Å². The lowest BCUT2D eigenvalue weighted by Gasteiger charge is -1.92. The van der Waals surface area contributed by atoms with Gasteiger partial charge in [0.2, 0.25) is 0 Å². The first-order valence-corrected chi connectivity index (χ1v) is 4.56. The van der Waals surface area contributed by atoms with Crippen LogP contribution in [0, 0.1) is 10.1 Å². The first-order valence-electron chi connectivity index (χ1n) is 4.56. The van der Waals surface area contributed by atoms with Gasteiger partial charge in [0.1, 0.15) is 0 Å². The van der Waals surface area contributed by atoms with Crippen LogP contribution < -0.4 is 0 Å². The highest BCUT2D eigenvalue weighted by Gasteiger charge is 2.09. The number of carbonyl (C=O) groups is 2. The summed E-state index contributed by atoms with van der Waals surface area (Å²) in [7, 11) is 0. The molecule has 1 aromatic rings. The minimum atomic E-state index is -1.17.